The summed E-state index contributed by atoms with van der Waals surface area (Å²) in [4.78, 5) is 19.8. The molecule has 3 aromatic rings. The number of ether oxygens (including phenoxy) is 3. The number of halogens is 1. The number of Topliss-reactive ketones (excluding diaryl/α,β-unsaturated/α-hetero) is 1. The van der Waals surface area contributed by atoms with Gasteiger partial charge in [0.15, 0.2) is 17.4 Å². The monoisotopic (exact) mass is 512 g/mol. The number of aryl methyl sites for hydroxylation is 1. The summed E-state index contributed by atoms with van der Waals surface area (Å²) in [6.45, 7) is 14.1. The fourth-order valence-electron chi connectivity index (χ4n) is 4.59. The van der Waals surface area contributed by atoms with E-state index in [1.165, 1.54) is 19.1 Å². The molecule has 2 aromatic carbocycles. The van der Waals surface area contributed by atoms with Crippen LogP contribution in [0.2, 0.25) is 0 Å². The molecule has 1 aromatic heterocycles. The first-order chi connectivity index (χ1) is 17.8. The lowest BCUT2D eigenvalue weighted by molar-refractivity contribution is 0.0320. The standard InChI is InChI=1S/C29H37FN2O5/c1-18(2)29-31-25-20(4)24(21(5)33)26(36-17-13-32-11-15-34-16-12-32)28(27(25)37-29)35-14-10-19(3)22-6-8-23(30)9-7-22/h6-9,18-19H,10-17H2,1-5H3. The van der Waals surface area contributed by atoms with Crippen molar-refractivity contribution in [1.82, 2.24) is 9.88 Å². The van der Waals surface area contributed by atoms with Crippen LogP contribution in [0.15, 0.2) is 28.7 Å². The van der Waals surface area contributed by atoms with E-state index in [1.807, 2.05) is 20.8 Å². The van der Waals surface area contributed by atoms with Gasteiger partial charge in [-0.1, -0.05) is 32.9 Å². The van der Waals surface area contributed by atoms with Crippen molar-refractivity contribution < 1.29 is 27.8 Å². The molecular formula is C29H37FN2O5. The maximum absolute atomic E-state index is 13.3. The maximum atomic E-state index is 13.3. The molecule has 200 valence electrons. The van der Waals surface area contributed by atoms with E-state index < -0.39 is 0 Å². The molecule has 7 nitrogen and oxygen atoms in total. The Balaban J connectivity index is 1.63. The Morgan fingerprint density at radius 3 is 2.41 bits per heavy atom. The SMILES string of the molecule is CC(=O)c1c(OCCN2CCOCC2)c(OCCC(C)c2ccc(F)cc2)c2oc(C(C)C)nc2c1C. The minimum Gasteiger partial charge on any atom is -0.487 e. The molecule has 0 radical (unpaired) electrons. The number of ketones is 1. The third kappa shape index (κ3) is 6.30. The molecule has 1 aliphatic rings. The highest BCUT2D eigenvalue weighted by Gasteiger charge is 2.28. The van der Waals surface area contributed by atoms with Crippen molar-refractivity contribution >= 4 is 16.9 Å². The second kappa shape index (κ2) is 12.0. The van der Waals surface area contributed by atoms with Gasteiger partial charge in [-0.05, 0) is 49.4 Å². The Bertz CT molecular complexity index is 1220. The molecule has 0 bridgehead atoms. The van der Waals surface area contributed by atoms with Gasteiger partial charge in [-0.25, -0.2) is 9.37 Å². The van der Waals surface area contributed by atoms with E-state index in [0.717, 1.165) is 24.2 Å². The van der Waals surface area contributed by atoms with Gasteiger partial charge in [0.05, 0.1) is 25.4 Å². The fraction of sp³-hybridized carbons (Fsp3) is 0.517. The van der Waals surface area contributed by atoms with Crippen molar-refractivity contribution in [3.05, 3.63) is 52.7 Å². The van der Waals surface area contributed by atoms with Crippen LogP contribution in [0.25, 0.3) is 11.1 Å². The summed E-state index contributed by atoms with van der Waals surface area (Å²) >= 11 is 0. The van der Waals surface area contributed by atoms with Crippen LogP contribution < -0.4 is 9.47 Å². The van der Waals surface area contributed by atoms with Gasteiger partial charge in [-0.15, -0.1) is 0 Å². The summed E-state index contributed by atoms with van der Waals surface area (Å²) in [6.07, 6.45) is 0.689. The molecule has 0 saturated carbocycles. The number of rotatable bonds is 11. The Morgan fingerprint density at radius 1 is 1.08 bits per heavy atom. The fourth-order valence-corrected chi connectivity index (χ4v) is 4.59. The minimum absolute atomic E-state index is 0.0737. The van der Waals surface area contributed by atoms with Crippen molar-refractivity contribution in [3.63, 3.8) is 0 Å². The van der Waals surface area contributed by atoms with Crippen LogP contribution in [0.1, 0.15) is 73.3 Å². The number of fused-ring (bicyclic) bond motifs is 1. The zero-order chi connectivity index (χ0) is 26.5. The van der Waals surface area contributed by atoms with Crippen LogP contribution in [0.4, 0.5) is 4.39 Å². The van der Waals surface area contributed by atoms with Gasteiger partial charge in [0, 0.05) is 25.6 Å². The summed E-state index contributed by atoms with van der Waals surface area (Å²) < 4.78 is 37.6. The van der Waals surface area contributed by atoms with Crippen molar-refractivity contribution in [2.45, 2.75) is 52.9 Å². The molecule has 1 saturated heterocycles. The number of oxazole rings is 1. The molecule has 1 aliphatic heterocycles. The molecule has 0 aliphatic carbocycles. The second-order valence-electron chi connectivity index (χ2n) is 9.99. The van der Waals surface area contributed by atoms with E-state index in [1.54, 1.807) is 12.1 Å². The first-order valence-corrected chi connectivity index (χ1v) is 13.0. The second-order valence-corrected chi connectivity index (χ2v) is 9.99. The molecular weight excluding hydrogens is 475 g/mol. The quantitative estimate of drug-likeness (QED) is 0.297. The lowest BCUT2D eigenvalue weighted by Crippen LogP contribution is -2.38. The highest BCUT2D eigenvalue weighted by Crippen LogP contribution is 2.43. The van der Waals surface area contributed by atoms with E-state index in [4.69, 9.17) is 23.6 Å². The third-order valence-electron chi connectivity index (χ3n) is 6.85. The number of carbonyl (C=O) groups excluding carboxylic acids is 1. The van der Waals surface area contributed by atoms with Crippen molar-refractivity contribution in [2.75, 3.05) is 46.1 Å². The predicted molar refractivity (Wildman–Crippen MR) is 141 cm³/mol. The Morgan fingerprint density at radius 2 is 1.76 bits per heavy atom. The molecule has 0 amide bonds. The number of hydrogen-bond donors (Lipinski definition) is 0. The van der Waals surface area contributed by atoms with E-state index in [-0.39, 0.29) is 23.4 Å². The lowest BCUT2D eigenvalue weighted by atomic mass is 9.98. The molecule has 4 rings (SSSR count). The molecule has 8 heteroatoms. The van der Waals surface area contributed by atoms with Crippen LogP contribution >= 0.6 is 0 Å². The van der Waals surface area contributed by atoms with Crippen molar-refractivity contribution in [3.8, 4) is 11.5 Å². The molecule has 0 spiro atoms. The summed E-state index contributed by atoms with van der Waals surface area (Å²) in [5, 5.41) is 0. The highest BCUT2D eigenvalue weighted by molar-refractivity contribution is 6.05. The molecule has 1 atom stereocenters. The van der Waals surface area contributed by atoms with E-state index in [0.29, 0.717) is 73.4 Å². The molecule has 1 fully saturated rings. The van der Waals surface area contributed by atoms with Gasteiger partial charge in [-0.3, -0.25) is 9.69 Å². The molecule has 1 unspecified atom stereocenters. The van der Waals surface area contributed by atoms with E-state index in [2.05, 4.69) is 11.8 Å². The predicted octanol–water partition coefficient (Wildman–Crippen LogP) is 5.88. The van der Waals surface area contributed by atoms with Gasteiger partial charge in [0.1, 0.15) is 17.9 Å². The average Bonchev–Trinajstić information content (AvgIpc) is 3.33. The first-order valence-electron chi connectivity index (χ1n) is 13.0. The molecule has 2 heterocycles. The summed E-state index contributed by atoms with van der Waals surface area (Å²) in [6, 6.07) is 6.53. The van der Waals surface area contributed by atoms with Gasteiger partial charge in [-0.2, -0.15) is 0 Å². The topological polar surface area (TPSA) is 74.0 Å². The minimum atomic E-state index is -0.254. The summed E-state index contributed by atoms with van der Waals surface area (Å²) in [7, 11) is 0. The largest absolute Gasteiger partial charge is 0.487 e. The normalized spacial score (nSPS) is 15.3. The zero-order valence-corrected chi connectivity index (χ0v) is 22.4. The van der Waals surface area contributed by atoms with E-state index in [9.17, 15) is 9.18 Å². The van der Waals surface area contributed by atoms with Crippen LogP contribution in [0.5, 0.6) is 11.5 Å². The number of nitrogens with zero attached hydrogens (tertiary/aromatic N) is 2. The molecule has 37 heavy (non-hydrogen) atoms. The van der Waals surface area contributed by atoms with Gasteiger partial charge < -0.3 is 18.6 Å². The Hall–Kier alpha value is -2.97. The van der Waals surface area contributed by atoms with E-state index >= 15 is 0 Å². The Kier molecular flexibility index (Phi) is 8.82. The van der Waals surface area contributed by atoms with Crippen molar-refractivity contribution in [1.29, 1.82) is 0 Å². The molecule has 0 N–H and O–H groups in total. The van der Waals surface area contributed by atoms with Crippen LogP contribution in [0, 0.1) is 12.7 Å². The average molecular weight is 513 g/mol. The summed E-state index contributed by atoms with van der Waals surface area (Å²) in [5.41, 5.74) is 3.36. The zero-order valence-electron chi connectivity index (χ0n) is 22.4. The van der Waals surface area contributed by atoms with Crippen LogP contribution in [-0.4, -0.2) is 61.7 Å². The van der Waals surface area contributed by atoms with Gasteiger partial charge >= 0.3 is 0 Å². The van der Waals surface area contributed by atoms with Crippen LogP contribution in [0.3, 0.4) is 0 Å². The lowest BCUT2D eigenvalue weighted by Gasteiger charge is -2.26. The van der Waals surface area contributed by atoms with Gasteiger partial charge in [0.2, 0.25) is 11.3 Å². The number of aromatic nitrogens is 1. The smallest absolute Gasteiger partial charge is 0.207 e. The van der Waals surface area contributed by atoms with Crippen LogP contribution in [-0.2, 0) is 4.74 Å². The number of morpholine rings is 1. The summed E-state index contributed by atoms with van der Waals surface area (Å²) in [5.74, 6) is 1.27. The first kappa shape index (κ1) is 27.1. The van der Waals surface area contributed by atoms with Gasteiger partial charge in [0.25, 0.3) is 0 Å². The Labute approximate surface area is 217 Å². The maximum Gasteiger partial charge on any atom is 0.207 e. The highest BCUT2D eigenvalue weighted by atomic mass is 19.1. The number of benzene rings is 2. The third-order valence-corrected chi connectivity index (χ3v) is 6.85. The van der Waals surface area contributed by atoms with Crippen molar-refractivity contribution in [2.24, 2.45) is 0 Å². The number of carbonyl (C=O) groups is 1. The number of hydrogen-bond acceptors (Lipinski definition) is 7.